The van der Waals surface area contributed by atoms with Crippen LogP contribution in [0.2, 0.25) is 0 Å². The Kier molecular flexibility index (Phi) is 6.45. The predicted molar refractivity (Wildman–Crippen MR) is 93.9 cm³/mol. The van der Waals surface area contributed by atoms with E-state index >= 15 is 0 Å². The van der Waals surface area contributed by atoms with Crippen LogP contribution in [0.15, 0.2) is 41.3 Å². The maximum atomic E-state index is 13.5. The molecule has 6 nitrogen and oxygen atoms in total. The van der Waals surface area contributed by atoms with Crippen LogP contribution < -0.4 is 15.6 Å². The summed E-state index contributed by atoms with van der Waals surface area (Å²) in [7, 11) is -3.71. The molecule has 0 aliphatic heterocycles. The normalized spacial score (nSPS) is 12.5. The Morgan fingerprint density at radius 2 is 1.67 bits per heavy atom. The molecule has 0 fully saturated rings. The number of sulfonamides is 1. The van der Waals surface area contributed by atoms with Crippen molar-refractivity contribution >= 4 is 21.6 Å². The number of benzene rings is 2. The monoisotopic (exact) mass is 401 g/mol. The second-order valence-corrected chi connectivity index (χ2v) is 7.47. The Labute approximate surface area is 154 Å². The van der Waals surface area contributed by atoms with Gasteiger partial charge in [0.1, 0.15) is 0 Å². The van der Waals surface area contributed by atoms with Gasteiger partial charge in [-0.25, -0.2) is 26.3 Å². The Morgan fingerprint density at radius 3 is 2.26 bits per heavy atom. The zero-order chi connectivity index (χ0) is 20.2. The van der Waals surface area contributed by atoms with Crippen LogP contribution in [0.5, 0.6) is 0 Å². The number of hydrogen-bond acceptors (Lipinski definition) is 4. The molecule has 2 aromatic carbocycles. The average Bonchev–Trinajstić information content (AvgIpc) is 2.65. The number of hydrogen-bond donors (Lipinski definition) is 3. The van der Waals surface area contributed by atoms with Gasteiger partial charge in [-0.2, -0.15) is 0 Å². The summed E-state index contributed by atoms with van der Waals surface area (Å²) in [6.07, 6.45) is 0.617. The maximum absolute atomic E-state index is 13.5. The molecule has 0 bridgehead atoms. The summed E-state index contributed by atoms with van der Waals surface area (Å²) in [5.41, 5.74) is 3.88. The Balaban J connectivity index is 2.07. The number of anilines is 1. The van der Waals surface area contributed by atoms with Crippen LogP contribution >= 0.6 is 0 Å². The van der Waals surface area contributed by atoms with E-state index in [9.17, 15) is 26.4 Å². The molecular formula is C17H18F3N3O3S. The molecule has 0 aliphatic carbocycles. The van der Waals surface area contributed by atoms with E-state index in [0.717, 1.165) is 6.07 Å². The van der Waals surface area contributed by atoms with Crippen LogP contribution in [0, 0.1) is 17.5 Å². The molecule has 0 aromatic heterocycles. The molecule has 0 aliphatic rings. The zero-order valence-electron chi connectivity index (χ0n) is 14.5. The number of nitrogens with one attached hydrogen (secondary N) is 3. The molecule has 10 heteroatoms. The van der Waals surface area contributed by atoms with Crippen molar-refractivity contribution in [2.75, 3.05) is 5.43 Å². The van der Waals surface area contributed by atoms with Crippen LogP contribution in [-0.2, 0) is 10.0 Å². The highest BCUT2D eigenvalue weighted by atomic mass is 32.2. The van der Waals surface area contributed by atoms with E-state index in [0.29, 0.717) is 12.5 Å². The molecule has 0 radical (unpaired) electrons. The summed E-state index contributed by atoms with van der Waals surface area (Å²) < 4.78 is 66.4. The molecule has 0 heterocycles. The Morgan fingerprint density at radius 1 is 1.04 bits per heavy atom. The minimum absolute atomic E-state index is 0.0149. The average molecular weight is 401 g/mol. The van der Waals surface area contributed by atoms with Gasteiger partial charge in [0.15, 0.2) is 17.5 Å². The number of amides is 1. The first-order valence-electron chi connectivity index (χ1n) is 7.98. The second-order valence-electron chi connectivity index (χ2n) is 5.76. The van der Waals surface area contributed by atoms with E-state index in [-0.39, 0.29) is 16.5 Å². The third-order valence-electron chi connectivity index (χ3n) is 3.74. The lowest BCUT2D eigenvalue weighted by Crippen LogP contribution is -2.32. The molecule has 1 amide bonds. The summed E-state index contributed by atoms with van der Waals surface area (Å²) in [5.74, 6) is -5.23. The van der Waals surface area contributed by atoms with Crippen molar-refractivity contribution in [1.29, 1.82) is 0 Å². The van der Waals surface area contributed by atoms with Gasteiger partial charge in [-0.15, -0.1) is 0 Å². The first kappa shape index (κ1) is 20.7. The Hall–Kier alpha value is -2.59. The Bertz CT molecular complexity index is 934. The number of hydrazine groups is 1. The van der Waals surface area contributed by atoms with Gasteiger partial charge in [0, 0.05) is 11.6 Å². The number of rotatable bonds is 7. The topological polar surface area (TPSA) is 87.3 Å². The molecule has 1 unspecified atom stereocenters. The smallest absolute Gasteiger partial charge is 0.269 e. The molecular weight excluding hydrogens is 383 g/mol. The highest BCUT2D eigenvalue weighted by Crippen LogP contribution is 2.19. The molecule has 2 rings (SSSR count). The number of carbonyl (C=O) groups excluding carboxylic acids is 1. The van der Waals surface area contributed by atoms with Gasteiger partial charge in [0.25, 0.3) is 5.91 Å². The number of halogens is 3. The van der Waals surface area contributed by atoms with Crippen molar-refractivity contribution in [3.63, 3.8) is 0 Å². The SMILES string of the molecule is CCC(C)NS(=O)(=O)c1ccc(C(=O)NNc2ccc(F)c(F)c2F)cc1. The largest absolute Gasteiger partial charge is 0.295 e. The maximum Gasteiger partial charge on any atom is 0.269 e. The predicted octanol–water partition coefficient (Wildman–Crippen LogP) is 2.94. The fourth-order valence-electron chi connectivity index (χ4n) is 2.02. The van der Waals surface area contributed by atoms with Crippen LogP contribution in [-0.4, -0.2) is 20.4 Å². The first-order valence-corrected chi connectivity index (χ1v) is 9.46. The van der Waals surface area contributed by atoms with Gasteiger partial charge >= 0.3 is 0 Å². The van der Waals surface area contributed by atoms with Crippen LogP contribution in [0.4, 0.5) is 18.9 Å². The van der Waals surface area contributed by atoms with Crippen molar-refractivity contribution in [1.82, 2.24) is 10.1 Å². The molecule has 146 valence electrons. The van der Waals surface area contributed by atoms with Crippen molar-refractivity contribution in [2.45, 2.75) is 31.2 Å². The minimum Gasteiger partial charge on any atom is -0.295 e. The van der Waals surface area contributed by atoms with Crippen molar-refractivity contribution in [3.8, 4) is 0 Å². The summed E-state index contributed by atoms with van der Waals surface area (Å²) in [5, 5.41) is 0. The van der Waals surface area contributed by atoms with Gasteiger partial charge in [-0.05, 0) is 49.7 Å². The summed E-state index contributed by atoms with van der Waals surface area (Å²) in [6.45, 7) is 3.56. The summed E-state index contributed by atoms with van der Waals surface area (Å²) >= 11 is 0. The van der Waals surface area contributed by atoms with Crippen molar-refractivity contribution in [2.24, 2.45) is 0 Å². The van der Waals surface area contributed by atoms with Gasteiger partial charge in [-0.3, -0.25) is 15.6 Å². The van der Waals surface area contributed by atoms with Crippen LogP contribution in [0.25, 0.3) is 0 Å². The van der Waals surface area contributed by atoms with Gasteiger partial charge < -0.3 is 0 Å². The van der Waals surface area contributed by atoms with Crippen LogP contribution in [0.3, 0.4) is 0 Å². The third-order valence-corrected chi connectivity index (χ3v) is 5.35. The van der Waals surface area contributed by atoms with E-state index in [1.165, 1.54) is 24.3 Å². The van der Waals surface area contributed by atoms with Gasteiger partial charge in [0.2, 0.25) is 10.0 Å². The quantitative estimate of drug-likeness (QED) is 0.492. The van der Waals surface area contributed by atoms with E-state index in [1.54, 1.807) is 6.92 Å². The first-order chi connectivity index (χ1) is 12.7. The van der Waals surface area contributed by atoms with Crippen molar-refractivity contribution in [3.05, 3.63) is 59.4 Å². The fraction of sp³-hybridized carbons (Fsp3) is 0.235. The second kappa shape index (κ2) is 8.40. The summed E-state index contributed by atoms with van der Waals surface area (Å²) in [6, 6.07) is 6.41. The van der Waals surface area contributed by atoms with E-state index in [4.69, 9.17) is 0 Å². The molecule has 0 saturated carbocycles. The lowest BCUT2D eigenvalue weighted by Gasteiger charge is -2.13. The van der Waals surface area contributed by atoms with E-state index < -0.39 is 39.1 Å². The van der Waals surface area contributed by atoms with E-state index in [2.05, 4.69) is 15.6 Å². The molecule has 0 spiro atoms. The lowest BCUT2D eigenvalue weighted by molar-refractivity contribution is 0.0962. The lowest BCUT2D eigenvalue weighted by atomic mass is 10.2. The number of carbonyl (C=O) groups is 1. The minimum atomic E-state index is -3.71. The molecule has 3 N–H and O–H groups in total. The highest BCUT2D eigenvalue weighted by Gasteiger charge is 2.18. The third kappa shape index (κ3) is 4.98. The molecule has 0 saturated heterocycles. The summed E-state index contributed by atoms with van der Waals surface area (Å²) in [4.78, 5) is 12.0. The van der Waals surface area contributed by atoms with E-state index in [1.807, 2.05) is 6.92 Å². The standard InChI is InChI=1S/C17H18F3N3O3S/c1-3-10(2)23-27(25,26)12-6-4-11(5-7-12)17(24)22-21-14-9-8-13(18)15(19)16(14)20/h4-10,21,23H,3H2,1-2H3,(H,22,24). The van der Waals surface area contributed by atoms with Crippen LogP contribution in [0.1, 0.15) is 30.6 Å². The molecule has 27 heavy (non-hydrogen) atoms. The highest BCUT2D eigenvalue weighted by molar-refractivity contribution is 7.89. The fourth-order valence-corrected chi connectivity index (χ4v) is 3.35. The zero-order valence-corrected chi connectivity index (χ0v) is 15.3. The van der Waals surface area contributed by atoms with Gasteiger partial charge in [0.05, 0.1) is 10.6 Å². The molecule has 1 atom stereocenters. The molecule has 2 aromatic rings. The van der Waals surface area contributed by atoms with Gasteiger partial charge in [-0.1, -0.05) is 6.92 Å². The van der Waals surface area contributed by atoms with Crippen molar-refractivity contribution < 1.29 is 26.4 Å².